The Morgan fingerprint density at radius 1 is 1.20 bits per heavy atom. The van der Waals surface area contributed by atoms with Crippen molar-refractivity contribution in [1.29, 1.82) is 0 Å². The molecule has 5 nitrogen and oxygen atoms in total. The Morgan fingerprint density at radius 3 is 2.13 bits per heavy atom. The molecule has 15 heavy (non-hydrogen) atoms. The maximum atomic E-state index is 11.1. The minimum atomic E-state index is -0.219. The van der Waals surface area contributed by atoms with Gasteiger partial charge in [-0.05, 0) is 0 Å². The molecular weight excluding hydrogens is 198 g/mol. The molecule has 0 aromatic heterocycles. The van der Waals surface area contributed by atoms with Gasteiger partial charge in [-0.2, -0.15) is 0 Å². The van der Waals surface area contributed by atoms with Gasteiger partial charge in [-0.3, -0.25) is 9.69 Å². The number of aliphatic hydroxyl groups is 2. The minimum Gasteiger partial charge on any atom is -0.464 e. The summed E-state index contributed by atoms with van der Waals surface area (Å²) in [6.07, 6.45) is 0. The third kappa shape index (κ3) is 7.30. The van der Waals surface area contributed by atoms with Gasteiger partial charge in [0.25, 0.3) is 0 Å². The number of rotatable bonds is 8. The molecule has 0 aromatic carbocycles. The molecule has 0 saturated carbocycles. The predicted molar refractivity (Wildman–Crippen MR) is 56.4 cm³/mol. The van der Waals surface area contributed by atoms with Gasteiger partial charge < -0.3 is 14.9 Å². The van der Waals surface area contributed by atoms with Crippen LogP contribution in [-0.4, -0.2) is 60.5 Å². The number of ether oxygens (including phenoxy) is 1. The summed E-state index contributed by atoms with van der Waals surface area (Å²) in [6.45, 7) is 5.45. The molecule has 0 aliphatic carbocycles. The molecule has 0 unspecified atom stereocenters. The summed E-state index contributed by atoms with van der Waals surface area (Å²) in [5, 5.41) is 17.5. The number of nitrogens with zero attached hydrogens (tertiary/aromatic N) is 1. The van der Waals surface area contributed by atoms with E-state index < -0.39 is 0 Å². The normalized spacial score (nSPS) is 11.1. The van der Waals surface area contributed by atoms with Crippen LogP contribution in [0.15, 0.2) is 0 Å². The lowest BCUT2D eigenvalue weighted by Gasteiger charge is -2.19. The summed E-state index contributed by atoms with van der Waals surface area (Å²) in [6, 6.07) is 0. The molecule has 0 heterocycles. The van der Waals surface area contributed by atoms with Gasteiger partial charge in [0.15, 0.2) is 0 Å². The first-order valence-electron chi connectivity index (χ1n) is 5.22. The van der Waals surface area contributed by atoms with Gasteiger partial charge in [0, 0.05) is 19.6 Å². The molecule has 0 aliphatic heterocycles. The highest BCUT2D eigenvalue weighted by molar-refractivity contribution is 5.71. The van der Waals surface area contributed by atoms with Gasteiger partial charge in [0.05, 0.1) is 19.1 Å². The molecule has 0 bridgehead atoms. The average Bonchev–Trinajstić information content (AvgIpc) is 2.18. The Bertz CT molecular complexity index is 167. The van der Waals surface area contributed by atoms with Crippen LogP contribution in [0.25, 0.3) is 0 Å². The second-order valence-corrected chi connectivity index (χ2v) is 3.61. The van der Waals surface area contributed by atoms with Crippen molar-refractivity contribution in [2.45, 2.75) is 13.8 Å². The van der Waals surface area contributed by atoms with Gasteiger partial charge >= 0.3 is 5.97 Å². The van der Waals surface area contributed by atoms with Crippen molar-refractivity contribution in [1.82, 2.24) is 4.90 Å². The summed E-state index contributed by atoms with van der Waals surface area (Å²) in [5.74, 6) is -0.336. The zero-order valence-electron chi connectivity index (χ0n) is 9.48. The summed E-state index contributed by atoms with van der Waals surface area (Å²) in [7, 11) is 0. The molecule has 0 aliphatic rings. The Morgan fingerprint density at radius 2 is 1.73 bits per heavy atom. The summed E-state index contributed by atoms with van der Waals surface area (Å²) in [4.78, 5) is 12.9. The first-order chi connectivity index (χ1) is 7.11. The van der Waals surface area contributed by atoms with Crippen LogP contribution in [0.1, 0.15) is 13.8 Å². The zero-order chi connectivity index (χ0) is 11.7. The van der Waals surface area contributed by atoms with Crippen LogP contribution >= 0.6 is 0 Å². The number of hydrogen-bond acceptors (Lipinski definition) is 5. The van der Waals surface area contributed by atoms with E-state index in [1.807, 2.05) is 4.90 Å². The highest BCUT2D eigenvalue weighted by atomic mass is 16.5. The molecule has 0 saturated heterocycles. The van der Waals surface area contributed by atoms with E-state index in [1.165, 1.54) is 0 Å². The Labute approximate surface area is 90.6 Å². The van der Waals surface area contributed by atoms with E-state index in [-0.39, 0.29) is 25.1 Å². The molecule has 0 fully saturated rings. The standard InChI is InChI=1S/C10H21NO4/c1-9(2)10(14)15-8-5-11(3-6-12)4-7-13/h9,12-13H,3-8H2,1-2H3. The maximum Gasteiger partial charge on any atom is 0.308 e. The number of esters is 1. The smallest absolute Gasteiger partial charge is 0.308 e. The molecule has 0 rings (SSSR count). The van der Waals surface area contributed by atoms with Gasteiger partial charge in [-0.1, -0.05) is 13.8 Å². The van der Waals surface area contributed by atoms with Crippen LogP contribution in [0.4, 0.5) is 0 Å². The number of aliphatic hydroxyl groups excluding tert-OH is 2. The monoisotopic (exact) mass is 219 g/mol. The number of carbonyl (C=O) groups is 1. The molecule has 0 spiro atoms. The SMILES string of the molecule is CC(C)C(=O)OCCN(CCO)CCO. The fraction of sp³-hybridized carbons (Fsp3) is 0.900. The molecule has 0 atom stereocenters. The van der Waals surface area contributed by atoms with Crippen LogP contribution in [0.3, 0.4) is 0 Å². The van der Waals surface area contributed by atoms with Crippen LogP contribution in [0.2, 0.25) is 0 Å². The van der Waals surface area contributed by atoms with E-state index in [2.05, 4.69) is 0 Å². The molecule has 0 aromatic rings. The quantitative estimate of drug-likeness (QED) is 0.537. The van der Waals surface area contributed by atoms with Crippen molar-refractivity contribution in [2.75, 3.05) is 39.5 Å². The maximum absolute atomic E-state index is 11.1. The highest BCUT2D eigenvalue weighted by Crippen LogP contribution is 1.96. The first-order valence-corrected chi connectivity index (χ1v) is 5.22. The van der Waals surface area contributed by atoms with E-state index >= 15 is 0 Å². The molecule has 0 radical (unpaired) electrons. The van der Waals surface area contributed by atoms with Crippen molar-refractivity contribution in [3.8, 4) is 0 Å². The average molecular weight is 219 g/mol. The molecule has 0 amide bonds. The first kappa shape index (κ1) is 14.3. The van der Waals surface area contributed by atoms with E-state index in [9.17, 15) is 4.79 Å². The van der Waals surface area contributed by atoms with E-state index in [4.69, 9.17) is 14.9 Å². The lowest BCUT2D eigenvalue weighted by Crippen LogP contribution is -2.33. The van der Waals surface area contributed by atoms with Gasteiger partial charge in [0.1, 0.15) is 6.61 Å². The van der Waals surface area contributed by atoms with Crippen molar-refractivity contribution in [3.05, 3.63) is 0 Å². The van der Waals surface area contributed by atoms with Crippen LogP contribution in [0, 0.1) is 5.92 Å². The lowest BCUT2D eigenvalue weighted by molar-refractivity contribution is -0.147. The second-order valence-electron chi connectivity index (χ2n) is 3.61. The minimum absolute atomic E-state index is 0.0398. The molecular formula is C10H21NO4. The van der Waals surface area contributed by atoms with Crippen LogP contribution in [-0.2, 0) is 9.53 Å². The van der Waals surface area contributed by atoms with E-state index in [0.717, 1.165) is 0 Å². The Kier molecular flexibility index (Phi) is 8.27. The molecule has 90 valence electrons. The van der Waals surface area contributed by atoms with Crippen molar-refractivity contribution in [2.24, 2.45) is 5.92 Å². The number of hydrogen-bond donors (Lipinski definition) is 2. The summed E-state index contributed by atoms with van der Waals surface area (Å²) < 4.78 is 4.98. The zero-order valence-corrected chi connectivity index (χ0v) is 9.48. The highest BCUT2D eigenvalue weighted by Gasteiger charge is 2.09. The van der Waals surface area contributed by atoms with Crippen LogP contribution in [0.5, 0.6) is 0 Å². The van der Waals surface area contributed by atoms with Crippen molar-refractivity contribution >= 4 is 5.97 Å². The Hall–Kier alpha value is -0.650. The fourth-order valence-electron chi connectivity index (χ4n) is 1.06. The molecule has 2 N–H and O–H groups in total. The fourth-order valence-corrected chi connectivity index (χ4v) is 1.06. The third-order valence-corrected chi connectivity index (χ3v) is 1.96. The predicted octanol–water partition coefficient (Wildman–Crippen LogP) is -0.528. The second kappa shape index (κ2) is 8.64. The number of carbonyl (C=O) groups excluding carboxylic acids is 1. The lowest BCUT2D eigenvalue weighted by atomic mass is 10.2. The largest absolute Gasteiger partial charge is 0.464 e. The molecule has 5 heteroatoms. The van der Waals surface area contributed by atoms with Crippen molar-refractivity contribution < 1.29 is 19.7 Å². The Balaban J connectivity index is 3.65. The topological polar surface area (TPSA) is 70.0 Å². The van der Waals surface area contributed by atoms with Gasteiger partial charge in [-0.15, -0.1) is 0 Å². The van der Waals surface area contributed by atoms with Crippen molar-refractivity contribution in [3.63, 3.8) is 0 Å². The van der Waals surface area contributed by atoms with E-state index in [0.29, 0.717) is 26.2 Å². The van der Waals surface area contributed by atoms with E-state index in [1.54, 1.807) is 13.8 Å². The summed E-state index contributed by atoms with van der Waals surface area (Å²) in [5.41, 5.74) is 0. The van der Waals surface area contributed by atoms with Gasteiger partial charge in [-0.25, -0.2) is 0 Å². The third-order valence-electron chi connectivity index (χ3n) is 1.96. The summed E-state index contributed by atoms with van der Waals surface area (Å²) >= 11 is 0. The van der Waals surface area contributed by atoms with Crippen LogP contribution < -0.4 is 0 Å². The van der Waals surface area contributed by atoms with Gasteiger partial charge in [0.2, 0.25) is 0 Å².